The first-order valence-electron chi connectivity index (χ1n) is 6.04. The quantitative estimate of drug-likeness (QED) is 0.871. The first kappa shape index (κ1) is 14.0. The van der Waals surface area contributed by atoms with Gasteiger partial charge < -0.3 is 19.5 Å². The third-order valence-electron chi connectivity index (χ3n) is 2.84. The molecule has 1 aliphatic heterocycles. The Morgan fingerprint density at radius 1 is 1.48 bits per heavy atom. The minimum Gasteiger partial charge on any atom is -0.465 e. The standard InChI is InChI=1S/C13H11ClN2O4S/c1-18-12(17)10-11(14)16-13(21-10)15-5-7-2-3-8-9(4-7)20-6-19-8/h2-4H,5-6H2,1H3,(H,15,16). The average molecular weight is 327 g/mol. The second-order valence-electron chi connectivity index (χ2n) is 4.17. The highest BCUT2D eigenvalue weighted by atomic mass is 35.5. The van der Waals surface area contributed by atoms with Crippen LogP contribution in [0, 0.1) is 0 Å². The normalized spacial score (nSPS) is 12.3. The summed E-state index contributed by atoms with van der Waals surface area (Å²) in [4.78, 5) is 15.8. The molecule has 1 aliphatic rings. The van der Waals surface area contributed by atoms with Crippen LogP contribution in [0.2, 0.25) is 5.15 Å². The highest BCUT2D eigenvalue weighted by Crippen LogP contribution is 2.33. The second kappa shape index (κ2) is 5.79. The first-order valence-corrected chi connectivity index (χ1v) is 7.24. The fraction of sp³-hybridized carbons (Fsp3) is 0.231. The van der Waals surface area contributed by atoms with Crippen LogP contribution in [-0.4, -0.2) is 24.9 Å². The van der Waals surface area contributed by atoms with E-state index in [9.17, 15) is 4.79 Å². The number of ether oxygens (including phenoxy) is 3. The number of hydrogen-bond donors (Lipinski definition) is 1. The largest absolute Gasteiger partial charge is 0.465 e. The van der Waals surface area contributed by atoms with E-state index in [1.165, 1.54) is 7.11 Å². The molecule has 6 nitrogen and oxygen atoms in total. The number of aromatic nitrogens is 1. The van der Waals surface area contributed by atoms with E-state index in [4.69, 9.17) is 21.1 Å². The summed E-state index contributed by atoms with van der Waals surface area (Å²) in [7, 11) is 1.30. The molecule has 21 heavy (non-hydrogen) atoms. The summed E-state index contributed by atoms with van der Waals surface area (Å²) in [5.41, 5.74) is 1.00. The summed E-state index contributed by atoms with van der Waals surface area (Å²) < 4.78 is 15.2. The van der Waals surface area contributed by atoms with Crippen LogP contribution in [-0.2, 0) is 11.3 Å². The number of anilines is 1. The van der Waals surface area contributed by atoms with Crippen LogP contribution in [0.15, 0.2) is 18.2 Å². The summed E-state index contributed by atoms with van der Waals surface area (Å²) >= 11 is 7.05. The summed E-state index contributed by atoms with van der Waals surface area (Å²) in [6.45, 7) is 0.776. The van der Waals surface area contributed by atoms with Crippen molar-refractivity contribution in [3.63, 3.8) is 0 Å². The maximum atomic E-state index is 11.5. The number of halogens is 1. The molecule has 1 N–H and O–H groups in total. The lowest BCUT2D eigenvalue weighted by atomic mass is 10.2. The molecule has 0 saturated heterocycles. The van der Waals surface area contributed by atoms with E-state index in [0.29, 0.717) is 11.7 Å². The van der Waals surface area contributed by atoms with Gasteiger partial charge in [-0.3, -0.25) is 0 Å². The highest BCUT2D eigenvalue weighted by molar-refractivity contribution is 7.18. The number of rotatable bonds is 4. The van der Waals surface area contributed by atoms with Gasteiger partial charge in [-0.05, 0) is 17.7 Å². The van der Waals surface area contributed by atoms with E-state index in [1.54, 1.807) is 0 Å². The van der Waals surface area contributed by atoms with E-state index in [1.807, 2.05) is 18.2 Å². The molecule has 0 spiro atoms. The van der Waals surface area contributed by atoms with Gasteiger partial charge in [0.15, 0.2) is 26.7 Å². The Kier molecular flexibility index (Phi) is 3.85. The van der Waals surface area contributed by atoms with E-state index < -0.39 is 5.97 Å². The number of fused-ring (bicyclic) bond motifs is 1. The Labute approximate surface area is 129 Å². The molecule has 1 aromatic carbocycles. The van der Waals surface area contributed by atoms with E-state index in [0.717, 1.165) is 28.4 Å². The van der Waals surface area contributed by atoms with Crippen molar-refractivity contribution in [1.82, 2.24) is 4.98 Å². The predicted octanol–water partition coefficient (Wildman–Crippen LogP) is 2.92. The number of hydrogen-bond acceptors (Lipinski definition) is 7. The number of esters is 1. The van der Waals surface area contributed by atoms with Gasteiger partial charge in [0.2, 0.25) is 6.79 Å². The van der Waals surface area contributed by atoms with Gasteiger partial charge in [0.05, 0.1) is 7.11 Å². The van der Waals surface area contributed by atoms with Crippen LogP contribution in [0.4, 0.5) is 5.13 Å². The smallest absolute Gasteiger partial charge is 0.351 e. The molecule has 110 valence electrons. The molecule has 0 saturated carbocycles. The highest BCUT2D eigenvalue weighted by Gasteiger charge is 2.17. The molecule has 8 heteroatoms. The van der Waals surface area contributed by atoms with Crippen molar-refractivity contribution in [3.8, 4) is 11.5 Å². The molecule has 0 bridgehead atoms. The second-order valence-corrected chi connectivity index (χ2v) is 5.53. The Morgan fingerprint density at radius 3 is 3.10 bits per heavy atom. The number of thiazole rings is 1. The van der Waals surface area contributed by atoms with E-state index >= 15 is 0 Å². The van der Waals surface area contributed by atoms with Crippen LogP contribution in [0.25, 0.3) is 0 Å². The molecule has 0 unspecified atom stereocenters. The van der Waals surface area contributed by atoms with Crippen LogP contribution in [0.3, 0.4) is 0 Å². The minimum atomic E-state index is -0.492. The van der Waals surface area contributed by atoms with Crippen molar-refractivity contribution >= 4 is 34.0 Å². The Balaban J connectivity index is 1.69. The summed E-state index contributed by atoms with van der Waals surface area (Å²) in [6, 6.07) is 5.68. The number of carbonyl (C=O) groups is 1. The van der Waals surface area contributed by atoms with Crippen molar-refractivity contribution in [3.05, 3.63) is 33.8 Å². The third-order valence-corrected chi connectivity index (χ3v) is 4.22. The molecule has 0 radical (unpaired) electrons. The zero-order chi connectivity index (χ0) is 14.8. The monoisotopic (exact) mass is 326 g/mol. The Morgan fingerprint density at radius 2 is 2.29 bits per heavy atom. The van der Waals surface area contributed by atoms with E-state index in [2.05, 4.69) is 15.0 Å². The van der Waals surface area contributed by atoms with Gasteiger partial charge in [0.1, 0.15) is 0 Å². The van der Waals surface area contributed by atoms with Gasteiger partial charge in [-0.2, -0.15) is 0 Å². The Hall–Kier alpha value is -1.99. The van der Waals surface area contributed by atoms with Gasteiger partial charge >= 0.3 is 5.97 Å². The molecular weight excluding hydrogens is 316 g/mol. The van der Waals surface area contributed by atoms with E-state index in [-0.39, 0.29) is 16.8 Å². The molecule has 0 fully saturated rings. The molecule has 3 rings (SSSR count). The van der Waals surface area contributed by atoms with Crippen molar-refractivity contribution in [1.29, 1.82) is 0 Å². The maximum absolute atomic E-state index is 11.5. The molecule has 0 amide bonds. The molecule has 0 aliphatic carbocycles. The van der Waals surface area contributed by atoms with Crippen molar-refractivity contribution in [2.24, 2.45) is 0 Å². The van der Waals surface area contributed by atoms with Crippen LogP contribution >= 0.6 is 22.9 Å². The summed E-state index contributed by atoms with van der Waals surface area (Å²) in [5.74, 6) is 0.972. The number of nitrogens with one attached hydrogen (secondary N) is 1. The molecule has 2 heterocycles. The lowest BCUT2D eigenvalue weighted by Gasteiger charge is -2.04. The van der Waals surface area contributed by atoms with Gasteiger partial charge in [-0.25, -0.2) is 9.78 Å². The topological polar surface area (TPSA) is 69.7 Å². The zero-order valence-electron chi connectivity index (χ0n) is 11.0. The number of benzene rings is 1. The van der Waals surface area contributed by atoms with Gasteiger partial charge in [0.25, 0.3) is 0 Å². The van der Waals surface area contributed by atoms with Crippen molar-refractivity contribution in [2.45, 2.75) is 6.54 Å². The third kappa shape index (κ3) is 2.88. The fourth-order valence-electron chi connectivity index (χ4n) is 1.82. The van der Waals surface area contributed by atoms with Crippen LogP contribution < -0.4 is 14.8 Å². The maximum Gasteiger partial charge on any atom is 0.351 e. The van der Waals surface area contributed by atoms with Crippen molar-refractivity contribution < 1.29 is 19.0 Å². The van der Waals surface area contributed by atoms with Crippen molar-refractivity contribution in [2.75, 3.05) is 19.2 Å². The van der Waals surface area contributed by atoms with Gasteiger partial charge in [-0.1, -0.05) is 29.0 Å². The molecule has 0 atom stereocenters. The lowest BCUT2D eigenvalue weighted by Crippen LogP contribution is -1.98. The number of nitrogens with zero attached hydrogens (tertiary/aromatic N) is 1. The predicted molar refractivity (Wildman–Crippen MR) is 78.4 cm³/mol. The minimum absolute atomic E-state index is 0.139. The van der Waals surface area contributed by atoms with Crippen LogP contribution in [0.1, 0.15) is 15.2 Å². The summed E-state index contributed by atoms with van der Waals surface area (Å²) in [6.07, 6.45) is 0. The lowest BCUT2D eigenvalue weighted by molar-refractivity contribution is 0.0606. The number of methoxy groups -OCH3 is 1. The fourth-order valence-corrected chi connectivity index (χ4v) is 2.92. The first-order chi connectivity index (χ1) is 10.2. The zero-order valence-corrected chi connectivity index (χ0v) is 12.6. The molecular formula is C13H11ClN2O4S. The average Bonchev–Trinajstić information content (AvgIpc) is 3.10. The van der Waals surface area contributed by atoms with Gasteiger partial charge in [0, 0.05) is 6.54 Å². The summed E-state index contributed by atoms with van der Waals surface area (Å²) in [5, 5.41) is 3.80. The molecule has 1 aromatic heterocycles. The Bertz CT molecular complexity index is 689. The molecule has 2 aromatic rings. The van der Waals surface area contributed by atoms with Gasteiger partial charge in [-0.15, -0.1) is 0 Å². The number of carbonyl (C=O) groups excluding carboxylic acids is 1. The van der Waals surface area contributed by atoms with Crippen LogP contribution in [0.5, 0.6) is 11.5 Å². The SMILES string of the molecule is COC(=O)c1sc(NCc2ccc3c(c2)OCO3)nc1Cl.